The quantitative estimate of drug-likeness (QED) is 0.248. The lowest BCUT2D eigenvalue weighted by atomic mass is 10.2. The second kappa shape index (κ2) is 10.6. The molecule has 1 amide bonds. The van der Waals surface area contributed by atoms with Gasteiger partial charge in [0, 0.05) is 25.6 Å². The minimum atomic E-state index is -0.522. The van der Waals surface area contributed by atoms with Gasteiger partial charge in [-0.05, 0) is 24.9 Å². The fraction of sp³-hybridized carbons (Fsp3) is 0.312. The number of hydrazone groups is 1. The number of carbonyl (C=O) groups is 1. The molecular formula is C16H20ClN7O3S. The van der Waals surface area contributed by atoms with Crippen molar-refractivity contribution < 1.29 is 14.3 Å². The summed E-state index contributed by atoms with van der Waals surface area (Å²) >= 11 is 7.04. The van der Waals surface area contributed by atoms with Crippen LogP contribution in [0.2, 0.25) is 5.02 Å². The maximum absolute atomic E-state index is 12.0. The number of rotatable bonds is 8. The Bertz CT molecular complexity index is 822. The third-order valence-corrected chi connectivity index (χ3v) is 4.51. The minimum Gasteiger partial charge on any atom is -0.481 e. The number of nitrogens with zero attached hydrogens (tertiary/aromatic N) is 4. The maximum atomic E-state index is 12.0. The van der Waals surface area contributed by atoms with Gasteiger partial charge in [-0.15, -0.1) is 5.10 Å². The van der Waals surface area contributed by atoms with Crippen LogP contribution in [0.3, 0.4) is 0 Å². The molecule has 0 aliphatic heterocycles. The number of nitrogens with one attached hydrogen (secondary N) is 2. The first-order valence-corrected chi connectivity index (χ1v) is 9.26. The van der Waals surface area contributed by atoms with Crippen LogP contribution in [0.5, 0.6) is 5.88 Å². The molecule has 150 valence electrons. The monoisotopic (exact) mass is 425 g/mol. The van der Waals surface area contributed by atoms with Gasteiger partial charge in [0.25, 0.3) is 5.91 Å². The van der Waals surface area contributed by atoms with Gasteiger partial charge >= 0.3 is 0 Å². The van der Waals surface area contributed by atoms with Gasteiger partial charge in [0.2, 0.25) is 11.8 Å². The number of hydrogen-bond donors (Lipinski definition) is 3. The molecule has 2 rings (SSSR count). The summed E-state index contributed by atoms with van der Waals surface area (Å²) < 4.78 is 13.3. The van der Waals surface area contributed by atoms with E-state index >= 15 is 0 Å². The topological polar surface area (TPSA) is 137 Å². The molecule has 2 heterocycles. The highest BCUT2D eigenvalue weighted by atomic mass is 35.5. The summed E-state index contributed by atoms with van der Waals surface area (Å²) in [6, 6.07) is 4.81. The molecule has 0 saturated carbocycles. The predicted octanol–water partition coefficient (Wildman–Crippen LogP) is 1.51. The Morgan fingerprint density at radius 2 is 2.04 bits per heavy atom. The van der Waals surface area contributed by atoms with Gasteiger partial charge in [0.1, 0.15) is 11.8 Å². The zero-order chi connectivity index (χ0) is 20.5. The van der Waals surface area contributed by atoms with E-state index < -0.39 is 12.0 Å². The third-order valence-electron chi connectivity index (χ3n) is 3.37. The van der Waals surface area contributed by atoms with Crippen molar-refractivity contribution in [3.8, 4) is 5.88 Å². The van der Waals surface area contributed by atoms with Crippen molar-refractivity contribution in [2.45, 2.75) is 18.3 Å². The van der Waals surface area contributed by atoms with Crippen molar-refractivity contribution in [3.63, 3.8) is 0 Å². The van der Waals surface area contributed by atoms with Gasteiger partial charge in [-0.1, -0.05) is 17.7 Å². The van der Waals surface area contributed by atoms with E-state index in [-0.39, 0.29) is 16.9 Å². The summed E-state index contributed by atoms with van der Waals surface area (Å²) in [6.45, 7) is 1.90. The highest BCUT2D eigenvalue weighted by Crippen LogP contribution is 2.25. The zero-order valence-corrected chi connectivity index (χ0v) is 17.0. The molecule has 10 nitrogen and oxygen atoms in total. The van der Waals surface area contributed by atoms with Crippen LogP contribution in [0.15, 0.2) is 35.7 Å². The number of aromatic nitrogens is 3. The van der Waals surface area contributed by atoms with Crippen LogP contribution in [-0.2, 0) is 4.74 Å². The molecule has 0 radical (unpaired) electrons. The molecule has 2 atom stereocenters. The molecule has 0 fully saturated rings. The van der Waals surface area contributed by atoms with E-state index in [9.17, 15) is 4.79 Å². The van der Waals surface area contributed by atoms with Gasteiger partial charge in [0.05, 0.1) is 17.4 Å². The first kappa shape index (κ1) is 21.7. The number of ether oxygens (including phenoxy) is 2. The van der Waals surface area contributed by atoms with Gasteiger partial charge in [-0.3, -0.25) is 9.52 Å². The molecule has 12 heteroatoms. The number of pyridine rings is 1. The number of halogens is 1. The van der Waals surface area contributed by atoms with Crippen molar-refractivity contribution in [2.75, 3.05) is 14.2 Å². The molecular weight excluding hydrogens is 406 g/mol. The summed E-state index contributed by atoms with van der Waals surface area (Å²) in [5.41, 5.74) is 8.24. The van der Waals surface area contributed by atoms with E-state index in [1.165, 1.54) is 37.5 Å². The first-order chi connectivity index (χ1) is 13.4. The number of guanidine groups is 1. The largest absolute Gasteiger partial charge is 0.481 e. The summed E-state index contributed by atoms with van der Waals surface area (Å²) in [5, 5.41) is 4.10. The third kappa shape index (κ3) is 6.22. The molecule has 2 aromatic heterocycles. The fourth-order valence-corrected chi connectivity index (χ4v) is 2.84. The van der Waals surface area contributed by atoms with Crippen LogP contribution < -0.4 is 20.6 Å². The fourth-order valence-electron chi connectivity index (χ4n) is 2.04. The van der Waals surface area contributed by atoms with Gasteiger partial charge < -0.3 is 15.2 Å². The van der Waals surface area contributed by atoms with E-state index in [4.69, 9.17) is 26.8 Å². The van der Waals surface area contributed by atoms with E-state index in [0.29, 0.717) is 16.7 Å². The van der Waals surface area contributed by atoms with Gasteiger partial charge in [-0.2, -0.15) is 0 Å². The van der Waals surface area contributed by atoms with Crippen molar-refractivity contribution in [1.29, 1.82) is 0 Å². The highest BCUT2D eigenvalue weighted by molar-refractivity contribution is 7.98. The summed E-state index contributed by atoms with van der Waals surface area (Å²) in [6.07, 6.45) is 2.59. The predicted molar refractivity (Wildman–Crippen MR) is 107 cm³/mol. The Morgan fingerprint density at radius 1 is 1.32 bits per heavy atom. The maximum Gasteiger partial charge on any atom is 0.290 e. The van der Waals surface area contributed by atoms with Crippen LogP contribution in [0, 0.1) is 0 Å². The van der Waals surface area contributed by atoms with Crippen LogP contribution in [-0.4, -0.2) is 46.3 Å². The number of hydrogen-bond acceptors (Lipinski definition) is 8. The zero-order valence-electron chi connectivity index (χ0n) is 15.4. The smallest absolute Gasteiger partial charge is 0.290 e. The Morgan fingerprint density at radius 3 is 2.68 bits per heavy atom. The number of methoxy groups -OCH3 is 2. The number of amides is 1. The van der Waals surface area contributed by atoms with Crippen molar-refractivity contribution >= 4 is 35.4 Å². The lowest BCUT2D eigenvalue weighted by molar-refractivity contribution is 0.0948. The summed E-state index contributed by atoms with van der Waals surface area (Å²) in [5.74, 6) is 0.287. The van der Waals surface area contributed by atoms with E-state index in [1.54, 1.807) is 19.2 Å². The number of nitrogens with two attached hydrogens (primary N) is 1. The normalized spacial score (nSPS) is 13.5. The molecule has 0 aliphatic carbocycles. The van der Waals surface area contributed by atoms with Gasteiger partial charge in [-0.25, -0.2) is 20.4 Å². The number of carbonyl (C=O) groups excluding carboxylic acids is 1. The molecule has 2 aromatic rings. The SMILES string of the molecule is COc1cccc(C(=O)N/N=C(\N)NSC(C)C(OC)c2ncc(Cl)cn2)n1. The van der Waals surface area contributed by atoms with Crippen LogP contribution in [0.4, 0.5) is 0 Å². The first-order valence-electron chi connectivity index (χ1n) is 8.01. The highest BCUT2D eigenvalue weighted by Gasteiger charge is 2.22. The summed E-state index contributed by atoms with van der Waals surface area (Å²) in [7, 11) is 3.02. The molecule has 28 heavy (non-hydrogen) atoms. The average molecular weight is 426 g/mol. The molecule has 0 spiro atoms. The van der Waals surface area contributed by atoms with E-state index in [0.717, 1.165) is 0 Å². The van der Waals surface area contributed by atoms with Gasteiger partial charge in [0.15, 0.2) is 5.82 Å². The Hall–Kier alpha value is -2.63. The lowest BCUT2D eigenvalue weighted by Gasteiger charge is -2.20. The Balaban J connectivity index is 1.89. The second-order valence-corrected chi connectivity index (χ2v) is 6.96. The van der Waals surface area contributed by atoms with Crippen molar-refractivity contribution in [1.82, 2.24) is 25.1 Å². The van der Waals surface area contributed by atoms with Crippen LogP contribution >= 0.6 is 23.5 Å². The molecule has 0 bridgehead atoms. The molecule has 0 aromatic carbocycles. The van der Waals surface area contributed by atoms with Crippen molar-refractivity contribution in [2.24, 2.45) is 10.8 Å². The second-order valence-electron chi connectivity index (χ2n) is 5.34. The van der Waals surface area contributed by atoms with Crippen LogP contribution in [0.25, 0.3) is 0 Å². The Labute approximate surface area is 171 Å². The van der Waals surface area contributed by atoms with E-state index in [1.807, 2.05) is 6.92 Å². The van der Waals surface area contributed by atoms with Crippen LogP contribution in [0.1, 0.15) is 29.3 Å². The molecule has 0 aliphatic rings. The molecule has 4 N–H and O–H groups in total. The standard InChI is InChI=1S/C16H20ClN7O3S/c1-9(13(27-3)14-19-7-10(17)8-20-14)28-24-16(18)23-22-15(25)11-5-4-6-12(21-11)26-2/h4-9,13H,1-3H3,(H,22,25)(H3,18,23,24). The van der Waals surface area contributed by atoms with E-state index in [2.05, 4.69) is 30.2 Å². The Kier molecular flexibility index (Phi) is 8.23. The van der Waals surface area contributed by atoms with Crippen molar-refractivity contribution in [3.05, 3.63) is 47.1 Å². The summed E-state index contributed by atoms with van der Waals surface area (Å²) in [4.78, 5) is 24.4. The average Bonchev–Trinajstić information content (AvgIpc) is 2.72. The molecule has 2 unspecified atom stereocenters. The molecule has 0 saturated heterocycles. The lowest BCUT2D eigenvalue weighted by Crippen LogP contribution is -2.33. The minimum absolute atomic E-state index is 0.0000244.